The van der Waals surface area contributed by atoms with Gasteiger partial charge in [-0.05, 0) is 42.3 Å². The fourth-order valence-corrected chi connectivity index (χ4v) is 3.13. The van der Waals surface area contributed by atoms with E-state index in [9.17, 15) is 14.4 Å². The molecular formula is C22H17N3O3. The van der Waals surface area contributed by atoms with Crippen LogP contribution in [0, 0.1) is 6.92 Å². The number of rotatable bonds is 4. The normalized spacial score (nSPS) is 12.8. The third-order valence-electron chi connectivity index (χ3n) is 4.70. The molecule has 1 N–H and O–H groups in total. The second-order valence-electron chi connectivity index (χ2n) is 6.59. The van der Waals surface area contributed by atoms with Crippen molar-refractivity contribution >= 4 is 23.4 Å². The lowest BCUT2D eigenvalue weighted by Gasteiger charge is -2.13. The van der Waals surface area contributed by atoms with Gasteiger partial charge in [-0.15, -0.1) is 0 Å². The van der Waals surface area contributed by atoms with Gasteiger partial charge in [-0.25, -0.2) is 0 Å². The fraction of sp³-hybridized carbons (Fsp3) is 0.0909. The lowest BCUT2D eigenvalue weighted by Crippen LogP contribution is -2.29. The Kier molecular flexibility index (Phi) is 4.45. The highest BCUT2D eigenvalue weighted by atomic mass is 16.2. The predicted molar refractivity (Wildman–Crippen MR) is 104 cm³/mol. The minimum atomic E-state index is -0.393. The van der Waals surface area contributed by atoms with Crippen LogP contribution in [0.4, 0.5) is 5.69 Å². The maximum Gasteiger partial charge on any atom is 0.261 e. The fourth-order valence-electron chi connectivity index (χ4n) is 3.13. The number of fused-ring (bicyclic) bond motifs is 1. The van der Waals surface area contributed by atoms with E-state index >= 15 is 0 Å². The summed E-state index contributed by atoms with van der Waals surface area (Å²) < 4.78 is 0. The summed E-state index contributed by atoms with van der Waals surface area (Å²) in [5, 5.41) is 2.78. The quantitative estimate of drug-likeness (QED) is 0.713. The first-order valence-corrected chi connectivity index (χ1v) is 8.81. The van der Waals surface area contributed by atoms with Gasteiger partial charge in [0.1, 0.15) is 0 Å². The molecular weight excluding hydrogens is 354 g/mol. The highest BCUT2D eigenvalue weighted by Gasteiger charge is 2.36. The number of nitrogens with one attached hydrogen (secondary N) is 1. The number of hydrogen-bond donors (Lipinski definition) is 1. The molecule has 0 atom stereocenters. The number of anilines is 1. The van der Waals surface area contributed by atoms with Gasteiger partial charge in [-0.3, -0.25) is 24.3 Å². The Morgan fingerprint density at radius 3 is 2.50 bits per heavy atom. The van der Waals surface area contributed by atoms with E-state index in [1.807, 2.05) is 37.3 Å². The molecule has 1 aliphatic rings. The number of benzene rings is 2. The summed E-state index contributed by atoms with van der Waals surface area (Å²) in [6, 6.07) is 15.7. The van der Waals surface area contributed by atoms with E-state index in [4.69, 9.17) is 0 Å². The van der Waals surface area contributed by atoms with Gasteiger partial charge in [0, 0.05) is 11.8 Å². The summed E-state index contributed by atoms with van der Waals surface area (Å²) >= 11 is 0. The number of aryl methyl sites for hydroxylation is 1. The molecule has 6 nitrogen and oxygen atoms in total. The van der Waals surface area contributed by atoms with Crippen LogP contribution in [0.2, 0.25) is 0 Å². The number of amides is 3. The monoisotopic (exact) mass is 371 g/mol. The molecule has 6 heteroatoms. The zero-order valence-electron chi connectivity index (χ0n) is 15.2. The average molecular weight is 371 g/mol. The molecule has 0 fully saturated rings. The van der Waals surface area contributed by atoms with Crippen LogP contribution < -0.4 is 5.32 Å². The molecule has 138 valence electrons. The van der Waals surface area contributed by atoms with Crippen LogP contribution in [0.15, 0.2) is 67.0 Å². The number of hydrogen-bond acceptors (Lipinski definition) is 4. The van der Waals surface area contributed by atoms with E-state index in [1.54, 1.807) is 24.5 Å². The van der Waals surface area contributed by atoms with E-state index in [-0.39, 0.29) is 23.9 Å². The van der Waals surface area contributed by atoms with Gasteiger partial charge in [0.25, 0.3) is 17.7 Å². The van der Waals surface area contributed by atoms with Crippen LogP contribution in [-0.4, -0.2) is 27.6 Å². The van der Waals surface area contributed by atoms with Crippen LogP contribution in [0.5, 0.6) is 0 Å². The molecule has 0 saturated carbocycles. The molecule has 28 heavy (non-hydrogen) atoms. The Balaban J connectivity index is 1.58. The van der Waals surface area contributed by atoms with Crippen molar-refractivity contribution in [1.82, 2.24) is 9.88 Å². The van der Waals surface area contributed by atoms with E-state index in [2.05, 4.69) is 10.3 Å². The van der Waals surface area contributed by atoms with Crippen LogP contribution in [0.25, 0.3) is 0 Å². The maximum atomic E-state index is 12.8. The number of aromatic nitrogens is 1. The lowest BCUT2D eigenvalue weighted by atomic mass is 10.1. The molecule has 2 heterocycles. The van der Waals surface area contributed by atoms with Crippen molar-refractivity contribution in [3.63, 3.8) is 0 Å². The van der Waals surface area contributed by atoms with Gasteiger partial charge in [-0.2, -0.15) is 0 Å². The van der Waals surface area contributed by atoms with Crippen molar-refractivity contribution in [1.29, 1.82) is 0 Å². The molecule has 0 saturated heterocycles. The van der Waals surface area contributed by atoms with Gasteiger partial charge in [0.15, 0.2) is 0 Å². The van der Waals surface area contributed by atoms with E-state index in [1.165, 1.54) is 17.0 Å². The second kappa shape index (κ2) is 7.08. The number of carbonyl (C=O) groups excluding carboxylic acids is 3. The number of nitrogens with zero attached hydrogens (tertiary/aromatic N) is 2. The number of carbonyl (C=O) groups is 3. The highest BCUT2D eigenvalue weighted by molar-refractivity contribution is 6.22. The van der Waals surface area contributed by atoms with Gasteiger partial charge in [-0.1, -0.05) is 30.3 Å². The smallest absolute Gasteiger partial charge is 0.261 e. The van der Waals surface area contributed by atoms with Crippen molar-refractivity contribution in [3.05, 3.63) is 94.8 Å². The molecule has 0 radical (unpaired) electrons. The summed E-state index contributed by atoms with van der Waals surface area (Å²) in [6.07, 6.45) is 3.21. The predicted octanol–water partition coefficient (Wildman–Crippen LogP) is 3.44. The molecule has 2 aromatic carbocycles. The molecule has 3 amide bonds. The van der Waals surface area contributed by atoms with Crippen molar-refractivity contribution < 1.29 is 14.4 Å². The van der Waals surface area contributed by atoms with Crippen LogP contribution in [-0.2, 0) is 6.54 Å². The molecule has 1 aromatic heterocycles. The number of pyridine rings is 1. The maximum absolute atomic E-state index is 12.8. The zero-order chi connectivity index (χ0) is 19.7. The van der Waals surface area contributed by atoms with Crippen LogP contribution in [0.3, 0.4) is 0 Å². The highest BCUT2D eigenvalue weighted by Crippen LogP contribution is 2.26. The van der Waals surface area contributed by atoms with Crippen molar-refractivity contribution in [2.24, 2.45) is 0 Å². The largest absolute Gasteiger partial charge is 0.320 e. The topological polar surface area (TPSA) is 79.4 Å². The molecule has 0 spiro atoms. The van der Waals surface area contributed by atoms with E-state index in [0.29, 0.717) is 16.8 Å². The first-order valence-electron chi connectivity index (χ1n) is 8.81. The standard InChI is InChI=1S/C22H17N3O3/c1-14-9-10-23-12-19(14)24-20(26)16-7-8-17-18(11-16)22(28)25(21(17)27)13-15-5-3-2-4-6-15/h2-12H,13H2,1H3,(H,24,26). The van der Waals surface area contributed by atoms with Crippen LogP contribution in [0.1, 0.15) is 42.2 Å². The Labute approximate surface area is 161 Å². The minimum Gasteiger partial charge on any atom is -0.320 e. The van der Waals surface area contributed by atoms with Crippen molar-refractivity contribution in [2.45, 2.75) is 13.5 Å². The second-order valence-corrected chi connectivity index (χ2v) is 6.59. The SMILES string of the molecule is Cc1ccncc1NC(=O)c1ccc2c(c1)C(=O)N(Cc1ccccc1)C2=O. The summed E-state index contributed by atoms with van der Waals surface area (Å²) in [7, 11) is 0. The minimum absolute atomic E-state index is 0.198. The number of imide groups is 1. The molecule has 0 unspecified atom stereocenters. The molecule has 3 aromatic rings. The van der Waals surface area contributed by atoms with E-state index < -0.39 is 5.91 Å². The van der Waals surface area contributed by atoms with Gasteiger partial charge >= 0.3 is 0 Å². The first-order chi connectivity index (χ1) is 13.5. The Bertz CT molecular complexity index is 1090. The van der Waals surface area contributed by atoms with Crippen molar-refractivity contribution in [3.8, 4) is 0 Å². The third-order valence-corrected chi connectivity index (χ3v) is 4.70. The summed E-state index contributed by atoms with van der Waals surface area (Å²) in [4.78, 5) is 43.2. The molecule has 1 aliphatic heterocycles. The Morgan fingerprint density at radius 1 is 1.00 bits per heavy atom. The first kappa shape index (κ1) is 17.6. The molecule has 0 aliphatic carbocycles. The van der Waals surface area contributed by atoms with Gasteiger partial charge < -0.3 is 5.32 Å². The Morgan fingerprint density at radius 2 is 1.75 bits per heavy atom. The van der Waals surface area contributed by atoms with Gasteiger partial charge in [0.2, 0.25) is 0 Å². The average Bonchev–Trinajstić information content (AvgIpc) is 2.95. The third kappa shape index (κ3) is 3.16. The van der Waals surface area contributed by atoms with E-state index in [0.717, 1.165) is 11.1 Å². The lowest BCUT2D eigenvalue weighted by molar-refractivity contribution is 0.0642. The summed E-state index contributed by atoms with van der Waals surface area (Å²) in [5.41, 5.74) is 3.21. The van der Waals surface area contributed by atoms with Gasteiger partial charge in [0.05, 0.1) is 29.6 Å². The summed E-state index contributed by atoms with van der Waals surface area (Å²) in [5.74, 6) is -1.10. The Hall–Kier alpha value is -3.80. The van der Waals surface area contributed by atoms with Crippen LogP contribution >= 0.6 is 0 Å². The van der Waals surface area contributed by atoms with Crippen molar-refractivity contribution in [2.75, 3.05) is 5.32 Å². The molecule has 0 bridgehead atoms. The summed E-state index contributed by atoms with van der Waals surface area (Å²) in [6.45, 7) is 2.06. The molecule has 4 rings (SSSR count). The zero-order valence-corrected chi connectivity index (χ0v) is 15.2.